The van der Waals surface area contributed by atoms with Crippen molar-refractivity contribution in [1.82, 2.24) is 0 Å². The lowest BCUT2D eigenvalue weighted by atomic mass is 9.82. The van der Waals surface area contributed by atoms with E-state index in [1.54, 1.807) is 5.57 Å². The van der Waals surface area contributed by atoms with E-state index in [1.807, 2.05) is 12.2 Å². The predicted octanol–water partition coefficient (Wildman–Crippen LogP) is 6.00. The number of allylic oxidation sites excluding steroid dienone is 9. The van der Waals surface area contributed by atoms with Crippen LogP contribution in [0.4, 0.5) is 0 Å². The number of rotatable bonds is 5. The highest BCUT2D eigenvalue weighted by Crippen LogP contribution is 2.32. The molecule has 0 aromatic heterocycles. The molecule has 0 heterocycles. The second-order valence-electron chi connectivity index (χ2n) is 5.83. The molecule has 0 aromatic rings. The van der Waals surface area contributed by atoms with Gasteiger partial charge in [0.15, 0.2) is 0 Å². The SMILES string of the molecule is C=C/C=C\C=C(/C)C1=CCC(/C(C)=C/C(C)C)CC1. The van der Waals surface area contributed by atoms with Gasteiger partial charge >= 0.3 is 0 Å². The van der Waals surface area contributed by atoms with Crippen LogP contribution in [0, 0.1) is 11.8 Å². The van der Waals surface area contributed by atoms with Crippen LogP contribution in [0.5, 0.6) is 0 Å². The lowest BCUT2D eigenvalue weighted by Gasteiger charge is -2.23. The van der Waals surface area contributed by atoms with Crippen molar-refractivity contribution in [3.63, 3.8) is 0 Å². The average molecular weight is 256 g/mol. The molecule has 0 radical (unpaired) electrons. The fraction of sp³-hybridized carbons (Fsp3) is 0.474. The second kappa shape index (κ2) is 7.99. The van der Waals surface area contributed by atoms with Crippen LogP contribution < -0.4 is 0 Å². The largest absolute Gasteiger partial charge is 0.0991 e. The Hall–Kier alpha value is -1.30. The second-order valence-corrected chi connectivity index (χ2v) is 5.83. The van der Waals surface area contributed by atoms with Gasteiger partial charge in [-0.05, 0) is 56.1 Å². The Morgan fingerprint density at radius 3 is 2.58 bits per heavy atom. The number of hydrogen-bond acceptors (Lipinski definition) is 0. The lowest BCUT2D eigenvalue weighted by molar-refractivity contribution is 0.535. The Kier molecular flexibility index (Phi) is 6.62. The van der Waals surface area contributed by atoms with Gasteiger partial charge in [0.2, 0.25) is 0 Å². The van der Waals surface area contributed by atoms with Crippen molar-refractivity contribution in [1.29, 1.82) is 0 Å². The highest BCUT2D eigenvalue weighted by Gasteiger charge is 2.16. The van der Waals surface area contributed by atoms with E-state index >= 15 is 0 Å². The zero-order valence-electron chi connectivity index (χ0n) is 12.9. The molecule has 19 heavy (non-hydrogen) atoms. The van der Waals surface area contributed by atoms with Crippen molar-refractivity contribution in [3.8, 4) is 0 Å². The van der Waals surface area contributed by atoms with Crippen LogP contribution in [0.3, 0.4) is 0 Å². The van der Waals surface area contributed by atoms with Gasteiger partial charge in [-0.2, -0.15) is 0 Å². The zero-order valence-corrected chi connectivity index (χ0v) is 12.9. The molecule has 0 heteroatoms. The quantitative estimate of drug-likeness (QED) is 0.418. The minimum absolute atomic E-state index is 0.663. The molecule has 0 N–H and O–H groups in total. The monoisotopic (exact) mass is 256 g/mol. The highest BCUT2D eigenvalue weighted by atomic mass is 14.2. The minimum atomic E-state index is 0.663. The molecular weight excluding hydrogens is 228 g/mol. The van der Waals surface area contributed by atoms with Crippen molar-refractivity contribution >= 4 is 0 Å². The molecule has 0 aromatic carbocycles. The summed E-state index contributed by atoms with van der Waals surface area (Å²) in [5, 5.41) is 0. The minimum Gasteiger partial charge on any atom is -0.0991 e. The molecule has 1 aliphatic rings. The first-order valence-corrected chi connectivity index (χ1v) is 7.38. The fourth-order valence-corrected chi connectivity index (χ4v) is 2.65. The molecular formula is C19H28. The van der Waals surface area contributed by atoms with Crippen molar-refractivity contribution in [3.05, 3.63) is 59.8 Å². The highest BCUT2D eigenvalue weighted by molar-refractivity contribution is 5.34. The molecule has 1 aliphatic carbocycles. The summed E-state index contributed by atoms with van der Waals surface area (Å²) in [6, 6.07) is 0. The molecule has 1 unspecified atom stereocenters. The van der Waals surface area contributed by atoms with E-state index in [0.29, 0.717) is 5.92 Å². The first-order chi connectivity index (χ1) is 9.04. The maximum absolute atomic E-state index is 3.69. The molecule has 0 fully saturated rings. The smallest absolute Gasteiger partial charge is 0.0168 e. The Labute approximate surface area is 119 Å². The van der Waals surface area contributed by atoms with Crippen LogP contribution in [0.2, 0.25) is 0 Å². The van der Waals surface area contributed by atoms with Gasteiger partial charge in [-0.15, -0.1) is 0 Å². The zero-order chi connectivity index (χ0) is 14.3. The summed E-state index contributed by atoms with van der Waals surface area (Å²) in [6.45, 7) is 12.7. The van der Waals surface area contributed by atoms with Gasteiger partial charge < -0.3 is 0 Å². The topological polar surface area (TPSA) is 0 Å². The maximum atomic E-state index is 3.69. The summed E-state index contributed by atoms with van der Waals surface area (Å²) in [4.78, 5) is 0. The third-order valence-electron chi connectivity index (χ3n) is 3.75. The first-order valence-electron chi connectivity index (χ1n) is 7.38. The molecule has 0 amide bonds. The molecule has 0 nitrogen and oxygen atoms in total. The van der Waals surface area contributed by atoms with Crippen molar-refractivity contribution in [2.24, 2.45) is 11.8 Å². The van der Waals surface area contributed by atoms with Crippen LogP contribution in [-0.4, -0.2) is 0 Å². The van der Waals surface area contributed by atoms with Crippen molar-refractivity contribution < 1.29 is 0 Å². The van der Waals surface area contributed by atoms with E-state index < -0.39 is 0 Å². The molecule has 0 saturated heterocycles. The summed E-state index contributed by atoms with van der Waals surface area (Å²) in [5.74, 6) is 1.42. The molecule has 1 rings (SSSR count). The van der Waals surface area contributed by atoms with Gasteiger partial charge in [0.1, 0.15) is 0 Å². The summed E-state index contributed by atoms with van der Waals surface area (Å²) in [6.07, 6.45) is 16.6. The van der Waals surface area contributed by atoms with Crippen molar-refractivity contribution in [2.75, 3.05) is 0 Å². The van der Waals surface area contributed by atoms with Crippen molar-refractivity contribution in [2.45, 2.75) is 47.0 Å². The summed E-state index contributed by atoms with van der Waals surface area (Å²) >= 11 is 0. The average Bonchev–Trinajstić information content (AvgIpc) is 2.38. The maximum Gasteiger partial charge on any atom is -0.0168 e. The van der Waals surface area contributed by atoms with E-state index in [9.17, 15) is 0 Å². The third-order valence-corrected chi connectivity index (χ3v) is 3.75. The molecule has 0 saturated carbocycles. The fourth-order valence-electron chi connectivity index (χ4n) is 2.65. The molecule has 0 aliphatic heterocycles. The van der Waals surface area contributed by atoms with E-state index in [0.717, 1.165) is 5.92 Å². The molecule has 0 spiro atoms. The third kappa shape index (κ3) is 5.46. The molecule has 1 atom stereocenters. The van der Waals surface area contributed by atoms with E-state index in [-0.39, 0.29) is 0 Å². The summed E-state index contributed by atoms with van der Waals surface area (Å²) in [5.41, 5.74) is 4.47. The van der Waals surface area contributed by atoms with Crippen LogP contribution in [0.15, 0.2) is 59.8 Å². The molecule has 0 bridgehead atoms. The summed E-state index contributed by atoms with van der Waals surface area (Å²) in [7, 11) is 0. The van der Waals surface area contributed by atoms with Gasteiger partial charge in [0.05, 0.1) is 0 Å². The Balaban J connectivity index is 2.65. The van der Waals surface area contributed by atoms with E-state index in [1.165, 1.54) is 30.4 Å². The van der Waals surface area contributed by atoms with Crippen LogP contribution >= 0.6 is 0 Å². The van der Waals surface area contributed by atoms with Crippen LogP contribution in [-0.2, 0) is 0 Å². The van der Waals surface area contributed by atoms with Gasteiger partial charge in [-0.1, -0.05) is 62.5 Å². The van der Waals surface area contributed by atoms with Crippen LogP contribution in [0.25, 0.3) is 0 Å². The standard InChI is InChI=1S/C19H28/c1-6-7-8-9-16(4)18-10-12-19(13-11-18)17(5)14-15(2)3/h6-10,14-15,19H,1,11-13H2,2-5H3/b8-7-,16-9+,17-14+. The van der Waals surface area contributed by atoms with E-state index in [4.69, 9.17) is 0 Å². The predicted molar refractivity (Wildman–Crippen MR) is 87.1 cm³/mol. The lowest BCUT2D eigenvalue weighted by Crippen LogP contribution is -2.08. The number of hydrogen-bond donors (Lipinski definition) is 0. The van der Waals surface area contributed by atoms with Gasteiger partial charge in [-0.25, -0.2) is 0 Å². The normalized spacial score (nSPS) is 21.9. The van der Waals surface area contributed by atoms with Gasteiger partial charge in [-0.3, -0.25) is 0 Å². The van der Waals surface area contributed by atoms with Gasteiger partial charge in [0, 0.05) is 0 Å². The molecule has 104 valence electrons. The Morgan fingerprint density at radius 1 is 1.32 bits per heavy atom. The van der Waals surface area contributed by atoms with Crippen LogP contribution in [0.1, 0.15) is 47.0 Å². The Morgan fingerprint density at radius 2 is 2.05 bits per heavy atom. The summed E-state index contributed by atoms with van der Waals surface area (Å²) < 4.78 is 0. The Bertz CT molecular complexity index is 413. The van der Waals surface area contributed by atoms with E-state index in [2.05, 4.69) is 58.6 Å². The first kappa shape index (κ1) is 15.8. The van der Waals surface area contributed by atoms with Gasteiger partial charge in [0.25, 0.3) is 0 Å².